The Morgan fingerprint density at radius 2 is 1.09 bits per heavy atom. The first kappa shape index (κ1) is 50.7. The monoisotopic (exact) mass is 688 g/mol. The molecule has 3 N–H and O–H groups in total. The van der Waals surface area contributed by atoms with Gasteiger partial charge in [0.05, 0.1) is 12.6 Å². The molecule has 43 heavy (non-hydrogen) atoms. The summed E-state index contributed by atoms with van der Waals surface area (Å²) in [5.41, 5.74) is -3.32. The maximum atomic E-state index is 11.3. The van der Waals surface area contributed by atoms with Crippen molar-refractivity contribution in [1.82, 2.24) is 10.6 Å². The average molecular weight is 690 g/mol. The maximum Gasteiger partial charge on any atom is 0.510 e. The molecule has 0 bridgehead atoms. The molecule has 0 aromatic carbocycles. The zero-order valence-electron chi connectivity index (χ0n) is 26.8. The number of alkyl halides is 2. The molecular formula is C27H55Cl3N2O11. The van der Waals surface area contributed by atoms with Crippen LogP contribution in [0.25, 0.3) is 0 Å². The number of amides is 2. The highest BCUT2D eigenvalue weighted by atomic mass is 35.5. The van der Waals surface area contributed by atoms with Crippen LogP contribution in [0.5, 0.6) is 0 Å². The highest BCUT2D eigenvalue weighted by Crippen LogP contribution is 2.07. The molecule has 2 amide bonds. The van der Waals surface area contributed by atoms with Gasteiger partial charge in [0.15, 0.2) is 11.1 Å². The lowest BCUT2D eigenvalue weighted by Crippen LogP contribution is -2.37. The van der Waals surface area contributed by atoms with Crippen molar-refractivity contribution in [3.8, 4) is 0 Å². The van der Waals surface area contributed by atoms with Crippen LogP contribution >= 0.6 is 34.8 Å². The van der Waals surface area contributed by atoms with Gasteiger partial charge in [-0.3, -0.25) is 0 Å². The minimum Gasteiger partial charge on any atom is -0.444 e. The van der Waals surface area contributed by atoms with E-state index in [2.05, 4.69) is 20.1 Å². The maximum absolute atomic E-state index is 11.3. The van der Waals surface area contributed by atoms with Crippen LogP contribution in [0.1, 0.15) is 90.5 Å². The number of aliphatic hydroxyl groups is 1. The van der Waals surface area contributed by atoms with E-state index in [0.717, 1.165) is 13.2 Å². The first-order chi connectivity index (χ1) is 18.9. The van der Waals surface area contributed by atoms with Crippen molar-refractivity contribution in [3.05, 3.63) is 0 Å². The summed E-state index contributed by atoms with van der Waals surface area (Å²) < 4.78 is 28.3. The summed E-state index contributed by atoms with van der Waals surface area (Å²) >= 11 is 15.3. The van der Waals surface area contributed by atoms with Gasteiger partial charge < -0.3 is 44.2 Å². The van der Waals surface area contributed by atoms with E-state index < -0.39 is 58.3 Å². The van der Waals surface area contributed by atoms with E-state index in [0.29, 0.717) is 0 Å². The van der Waals surface area contributed by atoms with Gasteiger partial charge in [-0.1, -0.05) is 30.6 Å². The van der Waals surface area contributed by atoms with Crippen molar-refractivity contribution in [2.24, 2.45) is 0 Å². The number of hydrogen-bond donors (Lipinski definition) is 3. The molecule has 260 valence electrons. The van der Waals surface area contributed by atoms with Gasteiger partial charge in [0.1, 0.15) is 17.3 Å². The number of hydrogen-bond acceptors (Lipinski definition) is 11. The number of rotatable bonds is 9. The van der Waals surface area contributed by atoms with E-state index in [1.807, 2.05) is 13.8 Å². The largest absolute Gasteiger partial charge is 0.510 e. The van der Waals surface area contributed by atoms with Crippen LogP contribution in [0.15, 0.2) is 0 Å². The van der Waals surface area contributed by atoms with Crippen molar-refractivity contribution in [2.45, 2.75) is 125 Å². The molecule has 16 heteroatoms. The standard InChI is InChI=1S/C11H20ClNO5.C8H17NO3.C4H10O.C3H4Cl2O2.CH4/c1-7(16-10(15)17-8(2)12)6-13-9(14)18-11(3,4)5;1-6(10)5-9-7(11)12-8(2,3)4;1-3-5-4-2;1-2(4)7-3(5)6;/h7-8H,6H2,1-5H3,(H,13,14);6,10H,5H2,1-4H3,(H,9,11);3-4H2,1-2H3;2H,1H3;1H4. The van der Waals surface area contributed by atoms with E-state index in [1.54, 1.807) is 55.4 Å². The molecule has 4 atom stereocenters. The Labute approximate surface area is 272 Å². The number of aliphatic hydroxyl groups excluding tert-OH is 1. The van der Waals surface area contributed by atoms with Crippen LogP contribution in [0.3, 0.4) is 0 Å². The molecule has 0 saturated heterocycles. The molecular weight excluding hydrogens is 635 g/mol. The fraction of sp³-hybridized carbons (Fsp3) is 0.852. The predicted molar refractivity (Wildman–Crippen MR) is 169 cm³/mol. The smallest absolute Gasteiger partial charge is 0.444 e. The molecule has 0 aromatic heterocycles. The molecule has 0 fully saturated rings. The van der Waals surface area contributed by atoms with Crippen molar-refractivity contribution in [2.75, 3.05) is 26.3 Å². The van der Waals surface area contributed by atoms with Crippen LogP contribution in [0.2, 0.25) is 0 Å². The molecule has 0 spiro atoms. The zero-order chi connectivity index (χ0) is 34.1. The number of alkyl carbamates (subject to hydrolysis) is 2. The molecule has 0 aliphatic rings. The second kappa shape index (κ2) is 28.8. The van der Waals surface area contributed by atoms with E-state index in [1.165, 1.54) is 13.8 Å². The van der Waals surface area contributed by atoms with Gasteiger partial charge in [-0.2, -0.15) is 0 Å². The Morgan fingerprint density at radius 1 is 0.721 bits per heavy atom. The Kier molecular flexibility index (Phi) is 34.0. The lowest BCUT2D eigenvalue weighted by molar-refractivity contribution is 0.0200. The van der Waals surface area contributed by atoms with Gasteiger partial charge >= 0.3 is 23.8 Å². The number of halogens is 3. The molecule has 0 saturated carbocycles. The summed E-state index contributed by atoms with van der Waals surface area (Å²) in [5, 5.41) is 13.7. The molecule has 0 aromatic rings. The first-order valence-corrected chi connectivity index (χ1v) is 14.4. The van der Waals surface area contributed by atoms with Gasteiger partial charge in [-0.05, 0) is 83.1 Å². The number of ether oxygens (including phenoxy) is 6. The van der Waals surface area contributed by atoms with Crippen LogP contribution in [0.4, 0.5) is 19.2 Å². The Bertz CT molecular complexity index is 726. The van der Waals surface area contributed by atoms with Crippen molar-refractivity contribution in [1.29, 1.82) is 0 Å². The second-order valence-electron chi connectivity index (χ2n) is 10.1. The van der Waals surface area contributed by atoms with E-state index in [4.69, 9.17) is 58.9 Å². The van der Waals surface area contributed by atoms with Crippen molar-refractivity contribution >= 4 is 58.6 Å². The van der Waals surface area contributed by atoms with E-state index >= 15 is 0 Å². The molecule has 0 aliphatic heterocycles. The minimum atomic E-state index is -0.879. The van der Waals surface area contributed by atoms with E-state index in [-0.39, 0.29) is 20.5 Å². The molecule has 0 aliphatic carbocycles. The quantitative estimate of drug-likeness (QED) is 0.0972. The molecule has 0 heterocycles. The van der Waals surface area contributed by atoms with E-state index in [9.17, 15) is 19.2 Å². The van der Waals surface area contributed by atoms with Crippen LogP contribution < -0.4 is 10.6 Å². The summed E-state index contributed by atoms with van der Waals surface area (Å²) in [6, 6.07) is 0. The zero-order valence-corrected chi connectivity index (χ0v) is 29.1. The van der Waals surface area contributed by atoms with Crippen LogP contribution in [-0.2, 0) is 28.4 Å². The van der Waals surface area contributed by atoms with Gasteiger partial charge in [0, 0.05) is 31.4 Å². The summed E-state index contributed by atoms with van der Waals surface area (Å²) in [6.45, 7) is 22.8. The summed E-state index contributed by atoms with van der Waals surface area (Å²) in [4.78, 5) is 43.0. The first-order valence-electron chi connectivity index (χ1n) is 13.2. The van der Waals surface area contributed by atoms with Crippen molar-refractivity contribution < 1.29 is 52.7 Å². The highest BCUT2D eigenvalue weighted by molar-refractivity contribution is 6.61. The second-order valence-corrected chi connectivity index (χ2v) is 11.7. The summed E-state index contributed by atoms with van der Waals surface area (Å²) in [5.74, 6) is 0. The molecule has 13 nitrogen and oxygen atoms in total. The molecule has 4 unspecified atom stereocenters. The third-order valence-electron chi connectivity index (χ3n) is 3.09. The normalized spacial score (nSPS) is 12.9. The molecule has 0 rings (SSSR count). The van der Waals surface area contributed by atoms with Gasteiger partial charge in [0.2, 0.25) is 0 Å². The summed E-state index contributed by atoms with van der Waals surface area (Å²) in [6.07, 6.45) is -3.03. The van der Waals surface area contributed by atoms with Gasteiger partial charge in [0.25, 0.3) is 0 Å². The minimum absolute atomic E-state index is 0. The van der Waals surface area contributed by atoms with Crippen LogP contribution in [-0.4, -0.2) is 89.7 Å². The topological polar surface area (TPSA) is 168 Å². The fourth-order valence-electron chi connectivity index (χ4n) is 1.78. The average Bonchev–Trinajstić information content (AvgIpc) is 2.74. The lowest BCUT2D eigenvalue weighted by atomic mass is 10.2. The van der Waals surface area contributed by atoms with Gasteiger partial charge in [-0.15, -0.1) is 0 Å². The summed E-state index contributed by atoms with van der Waals surface area (Å²) in [7, 11) is 0. The predicted octanol–water partition coefficient (Wildman–Crippen LogP) is 7.16. The lowest BCUT2D eigenvalue weighted by Gasteiger charge is -2.20. The Balaban J connectivity index is -0.000000166. The number of carbonyl (C=O) groups excluding carboxylic acids is 4. The highest BCUT2D eigenvalue weighted by Gasteiger charge is 2.18. The molecule has 0 radical (unpaired) electrons. The third kappa shape index (κ3) is 56.5. The number of nitrogens with one attached hydrogen (secondary N) is 2. The Hall–Kier alpha value is -1.93. The van der Waals surface area contributed by atoms with Crippen LogP contribution in [0, 0.1) is 0 Å². The van der Waals surface area contributed by atoms with Crippen molar-refractivity contribution in [3.63, 3.8) is 0 Å². The SMILES string of the molecule is C.CC(Cl)OC(=O)Cl.CC(Cl)OC(=O)OC(C)CNC(=O)OC(C)(C)C.CC(O)CNC(=O)OC(C)(C)C.CCOCC. The Morgan fingerprint density at radius 3 is 1.33 bits per heavy atom. The number of carbonyl (C=O) groups is 4. The third-order valence-corrected chi connectivity index (χ3v) is 3.36. The fourth-order valence-corrected chi connectivity index (χ4v) is 2.12. The van der Waals surface area contributed by atoms with Gasteiger partial charge in [-0.25, -0.2) is 19.2 Å².